The fraction of sp³-hybridized carbons (Fsp3) is 0.444. The number of nitrogens with zero attached hydrogens (tertiary/aromatic N) is 3. The van der Waals surface area contributed by atoms with Gasteiger partial charge in [0.1, 0.15) is 0 Å². The first kappa shape index (κ1) is 22.8. The molecule has 1 aliphatic heterocycles. The molecule has 2 heterocycles. The Morgan fingerprint density at radius 1 is 1.12 bits per heavy atom. The van der Waals surface area contributed by atoms with Crippen molar-refractivity contribution < 1.29 is 14.3 Å². The second-order valence-corrected chi connectivity index (χ2v) is 11.5. The zero-order valence-corrected chi connectivity index (χ0v) is 21.0. The molecule has 2 aromatic carbocycles. The van der Waals surface area contributed by atoms with Crippen LogP contribution in [0.1, 0.15) is 61.8 Å². The number of methoxy groups -OCH3 is 1. The van der Waals surface area contributed by atoms with Crippen molar-refractivity contribution in [3.63, 3.8) is 0 Å². The molecule has 0 N–H and O–H groups in total. The number of rotatable bonds is 6. The molecule has 1 saturated heterocycles. The normalized spacial score (nSPS) is 23.1. The number of aromatic nitrogens is 2. The first-order chi connectivity index (χ1) is 16.2. The van der Waals surface area contributed by atoms with E-state index in [0.29, 0.717) is 40.5 Å². The van der Waals surface area contributed by atoms with Gasteiger partial charge in [-0.25, -0.2) is 0 Å². The minimum Gasteiger partial charge on any atom is -0.493 e. The van der Waals surface area contributed by atoms with Crippen LogP contribution >= 0.6 is 11.5 Å². The van der Waals surface area contributed by atoms with Crippen molar-refractivity contribution in [3.8, 4) is 16.7 Å². The van der Waals surface area contributed by atoms with Gasteiger partial charge in [0, 0.05) is 36.1 Å². The van der Waals surface area contributed by atoms with Gasteiger partial charge in [-0.3, -0.25) is 4.79 Å². The van der Waals surface area contributed by atoms with E-state index in [1.807, 2.05) is 24.3 Å². The van der Waals surface area contributed by atoms with E-state index in [2.05, 4.69) is 47.2 Å². The number of likely N-dealkylation sites (tertiary alicyclic amines) is 1. The van der Waals surface area contributed by atoms with Crippen LogP contribution in [0.2, 0.25) is 0 Å². The standard InChI is InChI=1S/C27H31N3O3S/c1-26(2)14-20-15-27(3,16-26)17-30(20)24(31)19-10-11-21(22(13-19)32-4)33-25-28-23(29-34-25)12-18-8-6-5-7-9-18/h5-11,13,20H,12,14-17H2,1-4H3. The van der Waals surface area contributed by atoms with Crippen molar-refractivity contribution >= 4 is 17.4 Å². The molecular formula is C27H31N3O3S. The van der Waals surface area contributed by atoms with E-state index in [9.17, 15) is 4.79 Å². The van der Waals surface area contributed by atoms with Crippen LogP contribution in [0.4, 0.5) is 0 Å². The SMILES string of the molecule is COc1cc(C(=O)N2CC3(C)CC2CC(C)(C)C3)ccc1Oc1nc(Cc2ccccc2)ns1. The fourth-order valence-electron chi connectivity index (χ4n) is 5.97. The van der Waals surface area contributed by atoms with Crippen molar-refractivity contribution in [2.75, 3.05) is 13.7 Å². The smallest absolute Gasteiger partial charge is 0.298 e. The van der Waals surface area contributed by atoms with E-state index in [1.54, 1.807) is 19.2 Å². The highest BCUT2D eigenvalue weighted by molar-refractivity contribution is 7.07. The molecule has 2 unspecified atom stereocenters. The van der Waals surface area contributed by atoms with Crippen molar-refractivity contribution in [2.45, 2.75) is 52.5 Å². The molecule has 1 saturated carbocycles. The third kappa shape index (κ3) is 4.67. The third-order valence-electron chi connectivity index (χ3n) is 6.94. The predicted molar refractivity (Wildman–Crippen MR) is 133 cm³/mol. The average Bonchev–Trinajstić information content (AvgIpc) is 3.33. The third-order valence-corrected chi connectivity index (χ3v) is 7.57. The minimum absolute atomic E-state index is 0.0670. The number of amides is 1. The van der Waals surface area contributed by atoms with Crippen LogP contribution in [0.25, 0.3) is 0 Å². The van der Waals surface area contributed by atoms with Crippen molar-refractivity contribution in [1.82, 2.24) is 14.3 Å². The topological polar surface area (TPSA) is 64.5 Å². The second kappa shape index (κ2) is 8.69. The van der Waals surface area contributed by atoms with Crippen LogP contribution in [0.3, 0.4) is 0 Å². The summed E-state index contributed by atoms with van der Waals surface area (Å²) in [5, 5.41) is 0.451. The van der Waals surface area contributed by atoms with Crippen LogP contribution in [-0.4, -0.2) is 39.9 Å². The van der Waals surface area contributed by atoms with Crippen LogP contribution in [0.5, 0.6) is 16.7 Å². The maximum Gasteiger partial charge on any atom is 0.298 e. The summed E-state index contributed by atoms with van der Waals surface area (Å²) in [4.78, 5) is 20.0. The van der Waals surface area contributed by atoms with Gasteiger partial charge < -0.3 is 14.4 Å². The molecule has 3 aromatic rings. The molecule has 5 rings (SSSR count). The van der Waals surface area contributed by atoms with E-state index < -0.39 is 0 Å². The van der Waals surface area contributed by atoms with E-state index in [4.69, 9.17) is 9.47 Å². The van der Waals surface area contributed by atoms with Crippen LogP contribution in [-0.2, 0) is 6.42 Å². The monoisotopic (exact) mass is 477 g/mol. The van der Waals surface area contributed by atoms with Crippen LogP contribution in [0.15, 0.2) is 48.5 Å². The Morgan fingerprint density at radius 3 is 2.68 bits per heavy atom. The van der Waals surface area contributed by atoms with Gasteiger partial charge in [0.25, 0.3) is 11.1 Å². The lowest BCUT2D eigenvalue weighted by atomic mass is 9.65. The molecule has 1 aromatic heterocycles. The molecule has 7 heteroatoms. The van der Waals surface area contributed by atoms with E-state index in [0.717, 1.165) is 31.4 Å². The lowest BCUT2D eigenvalue weighted by Gasteiger charge is -2.39. The number of hydrogen-bond acceptors (Lipinski definition) is 6. The Hall–Kier alpha value is -2.93. The highest BCUT2D eigenvalue weighted by atomic mass is 32.1. The Labute approximate surface area is 205 Å². The fourth-order valence-corrected chi connectivity index (χ4v) is 6.53. The summed E-state index contributed by atoms with van der Waals surface area (Å²) in [6, 6.07) is 15.8. The first-order valence-corrected chi connectivity index (χ1v) is 12.5. The van der Waals surface area contributed by atoms with Crippen molar-refractivity contribution in [3.05, 3.63) is 65.5 Å². The highest BCUT2D eigenvalue weighted by Crippen LogP contribution is 2.52. The zero-order valence-electron chi connectivity index (χ0n) is 20.2. The molecule has 6 nitrogen and oxygen atoms in total. The average molecular weight is 478 g/mol. The van der Waals surface area contributed by atoms with Gasteiger partial charge in [-0.15, -0.1) is 0 Å². The van der Waals surface area contributed by atoms with Gasteiger partial charge in [-0.05, 0) is 53.9 Å². The Kier molecular flexibility index (Phi) is 5.84. The molecule has 0 radical (unpaired) electrons. The summed E-state index contributed by atoms with van der Waals surface area (Å²) in [7, 11) is 1.59. The Balaban J connectivity index is 1.31. The predicted octanol–water partition coefficient (Wildman–Crippen LogP) is 5.97. The van der Waals surface area contributed by atoms with E-state index >= 15 is 0 Å². The summed E-state index contributed by atoms with van der Waals surface area (Å²) < 4.78 is 16.0. The molecule has 0 spiro atoms. The molecule has 178 valence electrons. The minimum atomic E-state index is 0.0670. The Bertz CT molecular complexity index is 1190. The number of carbonyl (C=O) groups is 1. The molecule has 34 heavy (non-hydrogen) atoms. The molecule has 1 aliphatic carbocycles. The number of carbonyl (C=O) groups excluding carboxylic acids is 1. The van der Waals surface area contributed by atoms with Gasteiger partial charge in [0.2, 0.25) is 0 Å². The van der Waals surface area contributed by atoms with Gasteiger partial charge in [0.05, 0.1) is 7.11 Å². The van der Waals surface area contributed by atoms with Gasteiger partial charge in [-0.2, -0.15) is 9.36 Å². The number of hydrogen-bond donors (Lipinski definition) is 0. The quantitative estimate of drug-likeness (QED) is 0.438. The molecule has 2 fully saturated rings. The maximum atomic E-state index is 13.5. The molecule has 2 aliphatic rings. The maximum absolute atomic E-state index is 13.5. The van der Waals surface area contributed by atoms with Crippen LogP contribution < -0.4 is 9.47 Å². The second-order valence-electron chi connectivity index (χ2n) is 10.8. The summed E-state index contributed by atoms with van der Waals surface area (Å²) >= 11 is 1.21. The summed E-state index contributed by atoms with van der Waals surface area (Å²) in [6.07, 6.45) is 3.94. The van der Waals surface area contributed by atoms with Crippen molar-refractivity contribution in [2.24, 2.45) is 10.8 Å². The van der Waals surface area contributed by atoms with Gasteiger partial charge >= 0.3 is 0 Å². The molecular weight excluding hydrogens is 446 g/mol. The largest absolute Gasteiger partial charge is 0.493 e. The van der Waals surface area contributed by atoms with Gasteiger partial charge in [0.15, 0.2) is 17.3 Å². The van der Waals surface area contributed by atoms with Crippen molar-refractivity contribution in [1.29, 1.82) is 0 Å². The van der Waals surface area contributed by atoms with E-state index in [-0.39, 0.29) is 16.7 Å². The van der Waals surface area contributed by atoms with Gasteiger partial charge in [-0.1, -0.05) is 51.1 Å². The lowest BCUT2D eigenvalue weighted by Crippen LogP contribution is -2.37. The summed E-state index contributed by atoms with van der Waals surface area (Å²) in [6.45, 7) is 7.77. The molecule has 2 atom stereocenters. The molecule has 1 amide bonds. The van der Waals surface area contributed by atoms with Crippen LogP contribution in [0, 0.1) is 10.8 Å². The zero-order chi connectivity index (χ0) is 23.9. The number of benzene rings is 2. The Morgan fingerprint density at radius 2 is 1.91 bits per heavy atom. The number of ether oxygens (including phenoxy) is 2. The summed E-state index contributed by atoms with van der Waals surface area (Å²) in [5.74, 6) is 1.82. The lowest BCUT2D eigenvalue weighted by molar-refractivity contribution is 0.0708. The van der Waals surface area contributed by atoms with E-state index in [1.165, 1.54) is 11.5 Å². The first-order valence-electron chi connectivity index (χ1n) is 11.8. The number of fused-ring (bicyclic) bond motifs is 2. The molecule has 2 bridgehead atoms. The highest BCUT2D eigenvalue weighted by Gasteiger charge is 2.51. The summed E-state index contributed by atoms with van der Waals surface area (Å²) in [5.41, 5.74) is 2.24.